The third kappa shape index (κ3) is 2.17. The van der Waals surface area contributed by atoms with Gasteiger partial charge in [-0.25, -0.2) is 0 Å². The smallest absolute Gasteiger partial charge is 0.255 e. The molecular formula is C12H15NO3. The Morgan fingerprint density at radius 1 is 1.56 bits per heavy atom. The van der Waals surface area contributed by atoms with Crippen molar-refractivity contribution in [2.75, 3.05) is 13.2 Å². The number of para-hydroxylation sites is 1. The maximum absolute atomic E-state index is 11.8. The van der Waals surface area contributed by atoms with Crippen LogP contribution in [-0.4, -0.2) is 30.3 Å². The first-order valence-electron chi connectivity index (χ1n) is 5.35. The van der Waals surface area contributed by atoms with Crippen molar-refractivity contribution in [1.29, 1.82) is 0 Å². The van der Waals surface area contributed by atoms with E-state index in [2.05, 4.69) is 5.32 Å². The van der Waals surface area contributed by atoms with E-state index >= 15 is 0 Å². The first kappa shape index (κ1) is 11.0. The molecule has 1 aliphatic heterocycles. The summed E-state index contributed by atoms with van der Waals surface area (Å²) in [6.07, 6.45) is 0.832. The molecule has 0 bridgehead atoms. The Morgan fingerprint density at radius 2 is 2.38 bits per heavy atom. The molecule has 1 atom stereocenters. The number of rotatable bonds is 2. The van der Waals surface area contributed by atoms with Gasteiger partial charge in [0.2, 0.25) is 0 Å². The summed E-state index contributed by atoms with van der Waals surface area (Å²) in [6.45, 7) is 3.01. The second kappa shape index (κ2) is 4.53. The van der Waals surface area contributed by atoms with Gasteiger partial charge >= 0.3 is 0 Å². The fraction of sp³-hybridized carbons (Fsp3) is 0.417. The van der Waals surface area contributed by atoms with Gasteiger partial charge in [-0.15, -0.1) is 0 Å². The Kier molecular flexibility index (Phi) is 3.10. The quantitative estimate of drug-likeness (QED) is 0.789. The summed E-state index contributed by atoms with van der Waals surface area (Å²) in [5.74, 6) is -0.185. The van der Waals surface area contributed by atoms with E-state index in [1.165, 1.54) is 0 Å². The summed E-state index contributed by atoms with van der Waals surface area (Å²) < 4.78 is 5.17. The van der Waals surface area contributed by atoms with Crippen molar-refractivity contribution in [2.24, 2.45) is 0 Å². The zero-order chi connectivity index (χ0) is 11.5. The molecule has 1 amide bonds. The van der Waals surface area contributed by atoms with E-state index in [1.807, 2.05) is 0 Å². The lowest BCUT2D eigenvalue weighted by Crippen LogP contribution is -2.35. The second-order valence-electron chi connectivity index (χ2n) is 4.01. The largest absolute Gasteiger partial charge is 0.507 e. The standard InChI is InChI=1S/C12H15NO3/c1-8-3-2-4-10(11(8)14)12(15)13-9-5-6-16-7-9/h2-4,9,14H,5-7H2,1H3,(H,13,15). The van der Waals surface area contributed by atoms with Crippen LogP contribution in [0, 0.1) is 6.92 Å². The summed E-state index contributed by atoms with van der Waals surface area (Å²) in [7, 11) is 0. The lowest BCUT2D eigenvalue weighted by Gasteiger charge is -2.12. The Bertz CT molecular complexity index is 397. The molecule has 0 radical (unpaired) electrons. The number of amides is 1. The molecule has 1 saturated heterocycles. The molecule has 1 unspecified atom stereocenters. The molecule has 4 heteroatoms. The highest BCUT2D eigenvalue weighted by atomic mass is 16.5. The van der Waals surface area contributed by atoms with E-state index in [1.54, 1.807) is 25.1 Å². The Labute approximate surface area is 94.2 Å². The van der Waals surface area contributed by atoms with Crippen LogP contribution in [0.15, 0.2) is 18.2 Å². The fourth-order valence-corrected chi connectivity index (χ4v) is 1.75. The van der Waals surface area contributed by atoms with Gasteiger partial charge in [0.1, 0.15) is 5.75 Å². The highest BCUT2D eigenvalue weighted by Crippen LogP contribution is 2.21. The molecule has 0 aliphatic carbocycles. The van der Waals surface area contributed by atoms with Gasteiger partial charge in [-0.3, -0.25) is 4.79 Å². The van der Waals surface area contributed by atoms with Crippen LogP contribution >= 0.6 is 0 Å². The number of phenolic OH excluding ortho intramolecular Hbond substituents is 1. The first-order valence-corrected chi connectivity index (χ1v) is 5.35. The number of benzene rings is 1. The minimum absolute atomic E-state index is 0.0546. The lowest BCUT2D eigenvalue weighted by atomic mass is 10.1. The van der Waals surface area contributed by atoms with Crippen LogP contribution in [0.1, 0.15) is 22.3 Å². The van der Waals surface area contributed by atoms with Gasteiger partial charge in [-0.2, -0.15) is 0 Å². The van der Waals surface area contributed by atoms with Crippen molar-refractivity contribution in [3.05, 3.63) is 29.3 Å². The average Bonchev–Trinajstić information content (AvgIpc) is 2.74. The third-order valence-corrected chi connectivity index (χ3v) is 2.75. The molecule has 0 spiro atoms. The maximum Gasteiger partial charge on any atom is 0.255 e. The van der Waals surface area contributed by atoms with Crippen molar-refractivity contribution < 1.29 is 14.6 Å². The topological polar surface area (TPSA) is 58.6 Å². The van der Waals surface area contributed by atoms with Crippen LogP contribution in [0.2, 0.25) is 0 Å². The van der Waals surface area contributed by atoms with Gasteiger partial charge in [0.15, 0.2) is 0 Å². The predicted octanol–water partition coefficient (Wildman–Crippen LogP) is 1.22. The Morgan fingerprint density at radius 3 is 3.06 bits per heavy atom. The number of hydrogen-bond acceptors (Lipinski definition) is 3. The Hall–Kier alpha value is -1.55. The number of hydrogen-bond donors (Lipinski definition) is 2. The highest BCUT2D eigenvalue weighted by Gasteiger charge is 2.20. The van der Waals surface area contributed by atoms with Gasteiger partial charge < -0.3 is 15.2 Å². The van der Waals surface area contributed by atoms with Crippen molar-refractivity contribution in [1.82, 2.24) is 5.32 Å². The van der Waals surface area contributed by atoms with Gasteiger partial charge in [0.05, 0.1) is 18.2 Å². The fourth-order valence-electron chi connectivity index (χ4n) is 1.75. The summed E-state index contributed by atoms with van der Waals surface area (Å²) >= 11 is 0. The van der Waals surface area contributed by atoms with Crippen LogP contribution in [0.4, 0.5) is 0 Å². The second-order valence-corrected chi connectivity index (χ2v) is 4.01. The predicted molar refractivity (Wildman–Crippen MR) is 59.5 cm³/mol. The molecule has 4 nitrogen and oxygen atoms in total. The van der Waals surface area contributed by atoms with E-state index in [4.69, 9.17) is 4.74 Å². The minimum Gasteiger partial charge on any atom is -0.507 e. The summed E-state index contributed by atoms with van der Waals surface area (Å²) in [6, 6.07) is 5.21. The van der Waals surface area contributed by atoms with E-state index < -0.39 is 0 Å². The molecule has 1 aromatic carbocycles. The van der Waals surface area contributed by atoms with Crippen LogP contribution in [0.3, 0.4) is 0 Å². The van der Waals surface area contributed by atoms with Crippen LogP contribution in [-0.2, 0) is 4.74 Å². The number of aromatic hydroxyl groups is 1. The van der Waals surface area contributed by atoms with Gasteiger partial charge in [0, 0.05) is 6.61 Å². The lowest BCUT2D eigenvalue weighted by molar-refractivity contribution is 0.0927. The summed E-state index contributed by atoms with van der Waals surface area (Å²) in [5, 5.41) is 12.6. The molecule has 0 aromatic heterocycles. The van der Waals surface area contributed by atoms with E-state index in [0.717, 1.165) is 6.42 Å². The van der Waals surface area contributed by atoms with Crippen molar-refractivity contribution in [3.63, 3.8) is 0 Å². The van der Waals surface area contributed by atoms with E-state index in [0.29, 0.717) is 24.3 Å². The third-order valence-electron chi connectivity index (χ3n) is 2.75. The number of phenols is 1. The zero-order valence-electron chi connectivity index (χ0n) is 9.19. The molecule has 0 saturated carbocycles. The maximum atomic E-state index is 11.8. The van der Waals surface area contributed by atoms with Crippen LogP contribution in [0.25, 0.3) is 0 Å². The molecule has 1 aliphatic rings. The monoisotopic (exact) mass is 221 g/mol. The average molecular weight is 221 g/mol. The number of aryl methyl sites for hydroxylation is 1. The minimum atomic E-state index is -0.239. The zero-order valence-corrected chi connectivity index (χ0v) is 9.19. The van der Waals surface area contributed by atoms with Crippen molar-refractivity contribution >= 4 is 5.91 Å². The van der Waals surface area contributed by atoms with Gasteiger partial charge in [-0.1, -0.05) is 12.1 Å². The Balaban J connectivity index is 2.11. The highest BCUT2D eigenvalue weighted by molar-refractivity contribution is 5.97. The van der Waals surface area contributed by atoms with E-state index in [-0.39, 0.29) is 17.7 Å². The molecule has 2 rings (SSSR count). The van der Waals surface area contributed by atoms with Gasteiger partial charge in [-0.05, 0) is 25.0 Å². The molecule has 16 heavy (non-hydrogen) atoms. The molecule has 1 fully saturated rings. The first-order chi connectivity index (χ1) is 7.68. The molecule has 86 valence electrons. The van der Waals surface area contributed by atoms with Crippen LogP contribution < -0.4 is 5.32 Å². The number of nitrogens with one attached hydrogen (secondary N) is 1. The number of carbonyl (C=O) groups is 1. The van der Waals surface area contributed by atoms with Crippen molar-refractivity contribution in [3.8, 4) is 5.75 Å². The molecule has 1 aromatic rings. The van der Waals surface area contributed by atoms with Crippen molar-refractivity contribution in [2.45, 2.75) is 19.4 Å². The summed E-state index contributed by atoms with van der Waals surface area (Å²) in [4.78, 5) is 11.8. The molecular weight excluding hydrogens is 206 g/mol. The van der Waals surface area contributed by atoms with Gasteiger partial charge in [0.25, 0.3) is 5.91 Å². The summed E-state index contributed by atoms with van der Waals surface area (Å²) in [5.41, 5.74) is 1.03. The number of ether oxygens (including phenoxy) is 1. The SMILES string of the molecule is Cc1cccc(C(=O)NC2CCOC2)c1O. The van der Waals surface area contributed by atoms with Crippen LogP contribution in [0.5, 0.6) is 5.75 Å². The normalized spacial score (nSPS) is 19.7. The molecule has 1 heterocycles. The number of carbonyl (C=O) groups excluding carboxylic acids is 1. The van der Waals surface area contributed by atoms with E-state index in [9.17, 15) is 9.90 Å². The molecule has 2 N–H and O–H groups in total.